The van der Waals surface area contributed by atoms with E-state index in [1.807, 2.05) is 42.1 Å². The summed E-state index contributed by atoms with van der Waals surface area (Å²) in [5.74, 6) is 3.60. The Hall–Kier alpha value is -1.81. The Balaban J connectivity index is 1.63. The lowest BCUT2D eigenvalue weighted by Crippen LogP contribution is -2.21. The van der Waals surface area contributed by atoms with Gasteiger partial charge in [-0.2, -0.15) is 0 Å². The quantitative estimate of drug-likeness (QED) is 0.799. The van der Waals surface area contributed by atoms with Crippen molar-refractivity contribution in [3.05, 3.63) is 48.0 Å². The number of fused-ring (bicyclic) bond motifs is 2. The average Bonchev–Trinajstić information content (AvgIpc) is 2.54. The molecule has 0 bridgehead atoms. The monoisotopic (exact) mass is 286 g/mol. The average molecular weight is 286 g/mol. The van der Waals surface area contributed by atoms with Crippen LogP contribution in [-0.4, -0.2) is 19.0 Å². The lowest BCUT2D eigenvalue weighted by Gasteiger charge is -2.27. The zero-order valence-corrected chi connectivity index (χ0v) is 11.7. The number of para-hydroxylation sites is 2. The molecular formula is C16H14O3S. The Bertz CT molecular complexity index is 641. The number of hydrogen-bond donors (Lipinski definition) is 0. The topological polar surface area (TPSA) is 27.7 Å². The molecule has 2 aliphatic heterocycles. The predicted molar refractivity (Wildman–Crippen MR) is 78.0 cm³/mol. The van der Waals surface area contributed by atoms with Gasteiger partial charge in [-0.15, -0.1) is 11.8 Å². The lowest BCUT2D eigenvalue weighted by molar-refractivity contribution is 0.0910. The van der Waals surface area contributed by atoms with Crippen molar-refractivity contribution in [3.63, 3.8) is 0 Å². The van der Waals surface area contributed by atoms with Gasteiger partial charge < -0.3 is 14.2 Å². The molecule has 0 radical (unpaired) electrons. The van der Waals surface area contributed by atoms with Gasteiger partial charge in [0.05, 0.1) is 6.61 Å². The molecule has 4 heteroatoms. The summed E-state index contributed by atoms with van der Waals surface area (Å²) >= 11 is 1.83. The Morgan fingerprint density at radius 3 is 2.80 bits per heavy atom. The lowest BCUT2D eigenvalue weighted by atomic mass is 10.1. The first kappa shape index (κ1) is 12.0. The number of thioether (sulfide) groups is 1. The van der Waals surface area contributed by atoms with Crippen molar-refractivity contribution in [2.45, 2.75) is 11.0 Å². The van der Waals surface area contributed by atoms with Gasteiger partial charge in [-0.3, -0.25) is 0 Å². The molecule has 3 nitrogen and oxygen atoms in total. The summed E-state index contributed by atoms with van der Waals surface area (Å²) in [5.41, 5.74) is 1.14. The van der Waals surface area contributed by atoms with Crippen LogP contribution >= 0.6 is 11.8 Å². The standard InChI is InChI=1S/C16H14O3S/c1-2-4-13-12(3-1)18-10-15(19-13)11-5-6-14-16(9-11)20-8-7-17-14/h1-6,9,15H,7-8,10H2. The smallest absolute Gasteiger partial charge is 0.162 e. The molecule has 0 aromatic heterocycles. The van der Waals surface area contributed by atoms with E-state index in [1.54, 1.807) is 0 Å². The number of ether oxygens (including phenoxy) is 3. The second-order valence-corrected chi connectivity index (χ2v) is 5.90. The SMILES string of the molecule is c1ccc2c(c1)OCC(c1ccc3c(c1)SCCO3)O2. The van der Waals surface area contributed by atoms with E-state index in [1.165, 1.54) is 4.90 Å². The van der Waals surface area contributed by atoms with Gasteiger partial charge in [0, 0.05) is 10.6 Å². The Morgan fingerprint density at radius 2 is 1.85 bits per heavy atom. The minimum absolute atomic E-state index is 0.0577. The van der Waals surface area contributed by atoms with E-state index < -0.39 is 0 Å². The highest BCUT2D eigenvalue weighted by Crippen LogP contribution is 2.39. The summed E-state index contributed by atoms with van der Waals surface area (Å²) in [6.45, 7) is 1.33. The highest BCUT2D eigenvalue weighted by molar-refractivity contribution is 7.99. The van der Waals surface area contributed by atoms with E-state index in [0.29, 0.717) is 6.61 Å². The fraction of sp³-hybridized carbons (Fsp3) is 0.250. The van der Waals surface area contributed by atoms with Gasteiger partial charge in [0.25, 0.3) is 0 Å². The van der Waals surface area contributed by atoms with Crippen LogP contribution in [0.15, 0.2) is 47.4 Å². The van der Waals surface area contributed by atoms with E-state index >= 15 is 0 Å². The first-order valence-electron chi connectivity index (χ1n) is 6.68. The predicted octanol–water partition coefficient (Wildman–Crippen LogP) is 3.68. The summed E-state index contributed by atoms with van der Waals surface area (Å²) < 4.78 is 17.4. The minimum atomic E-state index is -0.0577. The van der Waals surface area contributed by atoms with E-state index in [0.717, 1.165) is 35.2 Å². The molecule has 0 spiro atoms. The highest BCUT2D eigenvalue weighted by atomic mass is 32.2. The van der Waals surface area contributed by atoms with Crippen molar-refractivity contribution < 1.29 is 14.2 Å². The normalized spacial score (nSPS) is 19.9. The first-order valence-corrected chi connectivity index (χ1v) is 7.67. The molecule has 0 saturated carbocycles. The zero-order chi connectivity index (χ0) is 13.4. The molecule has 1 unspecified atom stereocenters. The molecule has 20 heavy (non-hydrogen) atoms. The van der Waals surface area contributed by atoms with Gasteiger partial charge in [-0.05, 0) is 29.8 Å². The van der Waals surface area contributed by atoms with Crippen LogP contribution in [0.3, 0.4) is 0 Å². The van der Waals surface area contributed by atoms with Gasteiger partial charge in [0.15, 0.2) is 17.6 Å². The number of rotatable bonds is 1. The Morgan fingerprint density at radius 1 is 0.950 bits per heavy atom. The molecule has 2 heterocycles. The van der Waals surface area contributed by atoms with E-state index in [4.69, 9.17) is 14.2 Å². The highest BCUT2D eigenvalue weighted by Gasteiger charge is 2.23. The molecule has 0 N–H and O–H groups in total. The fourth-order valence-corrected chi connectivity index (χ4v) is 3.32. The third-order valence-corrected chi connectivity index (χ3v) is 4.45. The third-order valence-electron chi connectivity index (χ3n) is 3.45. The number of hydrogen-bond acceptors (Lipinski definition) is 4. The second kappa shape index (κ2) is 4.94. The van der Waals surface area contributed by atoms with Crippen LogP contribution in [0.5, 0.6) is 17.2 Å². The van der Waals surface area contributed by atoms with Crippen LogP contribution in [-0.2, 0) is 0 Å². The van der Waals surface area contributed by atoms with Gasteiger partial charge >= 0.3 is 0 Å². The molecule has 2 aromatic carbocycles. The maximum Gasteiger partial charge on any atom is 0.162 e. The molecule has 0 aliphatic carbocycles. The van der Waals surface area contributed by atoms with E-state index in [9.17, 15) is 0 Å². The van der Waals surface area contributed by atoms with Gasteiger partial charge in [-0.1, -0.05) is 18.2 Å². The fourth-order valence-electron chi connectivity index (χ4n) is 2.44. The number of benzene rings is 2. The molecule has 0 fully saturated rings. The summed E-state index contributed by atoms with van der Waals surface area (Å²) in [7, 11) is 0. The van der Waals surface area contributed by atoms with Crippen molar-refractivity contribution in [1.82, 2.24) is 0 Å². The van der Waals surface area contributed by atoms with Crippen molar-refractivity contribution >= 4 is 11.8 Å². The second-order valence-electron chi connectivity index (χ2n) is 4.77. The molecule has 0 amide bonds. The summed E-state index contributed by atoms with van der Waals surface area (Å²) in [6, 6.07) is 14.0. The van der Waals surface area contributed by atoms with Gasteiger partial charge in [-0.25, -0.2) is 0 Å². The third kappa shape index (κ3) is 2.10. The van der Waals surface area contributed by atoms with Crippen molar-refractivity contribution in [2.75, 3.05) is 19.0 Å². The molecular weight excluding hydrogens is 272 g/mol. The van der Waals surface area contributed by atoms with Crippen molar-refractivity contribution in [2.24, 2.45) is 0 Å². The Kier molecular flexibility index (Phi) is 2.96. The zero-order valence-electron chi connectivity index (χ0n) is 10.9. The van der Waals surface area contributed by atoms with Gasteiger partial charge in [0.1, 0.15) is 12.4 Å². The molecule has 0 saturated heterocycles. The van der Waals surface area contributed by atoms with Crippen LogP contribution in [0.1, 0.15) is 11.7 Å². The van der Waals surface area contributed by atoms with Gasteiger partial charge in [0.2, 0.25) is 0 Å². The molecule has 102 valence electrons. The van der Waals surface area contributed by atoms with E-state index in [2.05, 4.69) is 12.1 Å². The van der Waals surface area contributed by atoms with Crippen molar-refractivity contribution in [3.8, 4) is 17.2 Å². The van der Waals surface area contributed by atoms with E-state index in [-0.39, 0.29) is 6.10 Å². The summed E-state index contributed by atoms with van der Waals surface area (Å²) in [5, 5.41) is 0. The molecule has 1 atom stereocenters. The maximum atomic E-state index is 6.03. The first-order chi connectivity index (χ1) is 9.90. The van der Waals surface area contributed by atoms with Crippen LogP contribution in [0, 0.1) is 0 Å². The summed E-state index contributed by atoms with van der Waals surface area (Å²) in [4.78, 5) is 1.19. The summed E-state index contributed by atoms with van der Waals surface area (Å²) in [6.07, 6.45) is -0.0577. The van der Waals surface area contributed by atoms with Crippen LogP contribution in [0.25, 0.3) is 0 Å². The van der Waals surface area contributed by atoms with Crippen LogP contribution in [0.2, 0.25) is 0 Å². The van der Waals surface area contributed by atoms with Crippen LogP contribution in [0.4, 0.5) is 0 Å². The molecule has 2 aliphatic rings. The Labute approximate surface area is 121 Å². The minimum Gasteiger partial charge on any atom is -0.492 e. The molecule has 2 aromatic rings. The van der Waals surface area contributed by atoms with Crippen molar-refractivity contribution in [1.29, 1.82) is 0 Å². The van der Waals surface area contributed by atoms with Crippen LogP contribution < -0.4 is 14.2 Å². The largest absolute Gasteiger partial charge is 0.492 e. The maximum absolute atomic E-state index is 6.03. The molecule has 4 rings (SSSR count).